The quantitative estimate of drug-likeness (QED) is 0.332. The van der Waals surface area contributed by atoms with E-state index in [0.29, 0.717) is 20.8 Å². The normalized spacial score (nSPS) is 12.1. The van der Waals surface area contributed by atoms with Crippen LogP contribution in [0.2, 0.25) is 5.02 Å². The number of nitrogens with zero attached hydrogens (tertiary/aromatic N) is 1. The summed E-state index contributed by atoms with van der Waals surface area (Å²) in [4.78, 5) is 28.4. The zero-order valence-electron chi connectivity index (χ0n) is 20.4. The lowest BCUT2D eigenvalue weighted by Gasteiger charge is -2.33. The standard InChI is InChI=1S/C28H29BrClFN2O3/c1-28(2,3)32-27(35)24(15-19-9-5-4-6-10-19)33(17-20-11-7-8-12-23(20)31)26(34)18-36-25-14-13-21(30)16-22(25)29/h4-14,16,24H,15,17-18H2,1-3H3,(H,32,35)/t24-/m1/s1. The van der Waals surface area contributed by atoms with Crippen LogP contribution in [0.3, 0.4) is 0 Å². The van der Waals surface area contributed by atoms with E-state index in [1.807, 2.05) is 51.1 Å². The van der Waals surface area contributed by atoms with Crippen LogP contribution in [0.5, 0.6) is 5.75 Å². The van der Waals surface area contributed by atoms with Gasteiger partial charge in [0.05, 0.1) is 4.47 Å². The summed E-state index contributed by atoms with van der Waals surface area (Å²) in [6, 6.07) is 19.7. The molecular weight excluding hydrogens is 547 g/mol. The summed E-state index contributed by atoms with van der Waals surface area (Å²) in [5.74, 6) is -0.808. The van der Waals surface area contributed by atoms with Gasteiger partial charge in [-0.1, -0.05) is 60.1 Å². The molecule has 1 N–H and O–H groups in total. The van der Waals surface area contributed by atoms with E-state index in [1.165, 1.54) is 11.0 Å². The molecule has 0 spiro atoms. The second-order valence-corrected chi connectivity index (χ2v) is 10.7. The maximum Gasteiger partial charge on any atom is 0.261 e. The van der Waals surface area contributed by atoms with Crippen LogP contribution in [0.1, 0.15) is 31.9 Å². The minimum absolute atomic E-state index is 0.0916. The number of hydrogen-bond acceptors (Lipinski definition) is 3. The molecule has 0 radical (unpaired) electrons. The summed E-state index contributed by atoms with van der Waals surface area (Å²) < 4.78 is 21.0. The Morgan fingerprint density at radius 2 is 1.72 bits per heavy atom. The average molecular weight is 576 g/mol. The van der Waals surface area contributed by atoms with Gasteiger partial charge in [0.1, 0.15) is 17.6 Å². The number of hydrogen-bond donors (Lipinski definition) is 1. The molecular formula is C28H29BrClFN2O3. The first kappa shape index (κ1) is 27.7. The summed E-state index contributed by atoms with van der Waals surface area (Å²) >= 11 is 9.38. The molecule has 3 rings (SSSR count). The third-order valence-corrected chi connectivity index (χ3v) is 6.17. The first-order chi connectivity index (χ1) is 17.0. The van der Waals surface area contributed by atoms with Crippen LogP contribution >= 0.6 is 27.5 Å². The van der Waals surface area contributed by atoms with Gasteiger partial charge in [-0.05, 0) is 66.5 Å². The monoisotopic (exact) mass is 574 g/mol. The van der Waals surface area contributed by atoms with Gasteiger partial charge in [0.25, 0.3) is 5.91 Å². The Morgan fingerprint density at radius 1 is 1.06 bits per heavy atom. The first-order valence-corrected chi connectivity index (χ1v) is 12.7. The van der Waals surface area contributed by atoms with Gasteiger partial charge in [0.15, 0.2) is 6.61 Å². The largest absolute Gasteiger partial charge is 0.483 e. The van der Waals surface area contributed by atoms with Gasteiger partial charge in [-0.15, -0.1) is 0 Å². The third-order valence-electron chi connectivity index (χ3n) is 5.31. The fourth-order valence-corrected chi connectivity index (χ4v) is 4.43. The molecule has 0 heterocycles. The Kier molecular flexibility index (Phi) is 9.51. The van der Waals surface area contributed by atoms with Crippen molar-refractivity contribution < 1.29 is 18.7 Å². The van der Waals surface area contributed by atoms with E-state index in [4.69, 9.17) is 16.3 Å². The van der Waals surface area contributed by atoms with E-state index >= 15 is 0 Å². The summed E-state index contributed by atoms with van der Waals surface area (Å²) in [7, 11) is 0. The topological polar surface area (TPSA) is 58.6 Å². The van der Waals surface area contributed by atoms with Gasteiger partial charge in [-0.25, -0.2) is 4.39 Å². The molecule has 2 amide bonds. The van der Waals surface area contributed by atoms with Gasteiger partial charge in [0, 0.05) is 29.1 Å². The Bertz CT molecular complexity index is 1200. The van der Waals surface area contributed by atoms with Crippen molar-refractivity contribution in [2.75, 3.05) is 6.61 Å². The Labute approximate surface area is 224 Å². The molecule has 0 unspecified atom stereocenters. The summed E-state index contributed by atoms with van der Waals surface area (Å²) in [6.45, 7) is 5.17. The van der Waals surface area contributed by atoms with Gasteiger partial charge in [-0.2, -0.15) is 0 Å². The number of carbonyl (C=O) groups is 2. The maximum absolute atomic E-state index is 14.6. The molecule has 0 aliphatic heterocycles. The Balaban J connectivity index is 1.95. The zero-order chi connectivity index (χ0) is 26.3. The molecule has 3 aromatic carbocycles. The van der Waals surface area contributed by atoms with Crippen molar-refractivity contribution in [1.82, 2.24) is 10.2 Å². The zero-order valence-corrected chi connectivity index (χ0v) is 22.8. The second kappa shape index (κ2) is 12.4. The smallest absolute Gasteiger partial charge is 0.261 e. The molecule has 0 bridgehead atoms. The molecule has 0 aliphatic rings. The van der Waals surface area contributed by atoms with Crippen molar-refractivity contribution in [3.05, 3.63) is 99.2 Å². The summed E-state index contributed by atoms with van der Waals surface area (Å²) in [6.07, 6.45) is 0.258. The predicted molar refractivity (Wildman–Crippen MR) is 143 cm³/mol. The van der Waals surface area contributed by atoms with Crippen LogP contribution in [0.15, 0.2) is 77.3 Å². The number of amides is 2. The van der Waals surface area contributed by atoms with Gasteiger partial charge < -0.3 is 15.0 Å². The van der Waals surface area contributed by atoms with Crippen LogP contribution in [0.4, 0.5) is 4.39 Å². The van der Waals surface area contributed by atoms with E-state index in [2.05, 4.69) is 21.2 Å². The fourth-order valence-electron chi connectivity index (χ4n) is 3.63. The van der Waals surface area contributed by atoms with Crippen LogP contribution in [-0.4, -0.2) is 34.9 Å². The first-order valence-electron chi connectivity index (χ1n) is 11.5. The molecule has 1 atom stereocenters. The number of benzene rings is 3. The minimum atomic E-state index is -0.893. The minimum Gasteiger partial charge on any atom is -0.483 e. The Morgan fingerprint density at radius 3 is 2.36 bits per heavy atom. The van der Waals surface area contributed by atoms with Crippen molar-refractivity contribution >= 4 is 39.3 Å². The van der Waals surface area contributed by atoms with E-state index in [1.54, 1.807) is 36.4 Å². The maximum atomic E-state index is 14.6. The number of rotatable bonds is 9. The molecule has 0 aromatic heterocycles. The van der Waals surface area contributed by atoms with Gasteiger partial charge >= 0.3 is 0 Å². The molecule has 0 fully saturated rings. The third kappa shape index (κ3) is 8.07. The van der Waals surface area contributed by atoms with Crippen LogP contribution in [0, 0.1) is 5.82 Å². The van der Waals surface area contributed by atoms with Gasteiger partial charge in [-0.3, -0.25) is 9.59 Å². The van der Waals surface area contributed by atoms with Crippen molar-refractivity contribution in [1.29, 1.82) is 0 Å². The number of nitrogens with one attached hydrogen (secondary N) is 1. The lowest BCUT2D eigenvalue weighted by molar-refractivity contribution is -0.143. The number of halogens is 3. The molecule has 36 heavy (non-hydrogen) atoms. The van der Waals surface area contributed by atoms with Crippen LogP contribution in [0.25, 0.3) is 0 Å². The van der Waals surface area contributed by atoms with E-state index in [9.17, 15) is 14.0 Å². The van der Waals surface area contributed by atoms with Crippen molar-refractivity contribution in [2.24, 2.45) is 0 Å². The summed E-state index contributed by atoms with van der Waals surface area (Å²) in [5, 5.41) is 3.49. The molecule has 0 saturated heterocycles. The summed E-state index contributed by atoms with van der Waals surface area (Å²) in [5.41, 5.74) is 0.656. The van der Waals surface area contributed by atoms with Crippen molar-refractivity contribution in [3.8, 4) is 5.75 Å². The van der Waals surface area contributed by atoms with Crippen molar-refractivity contribution in [2.45, 2.75) is 45.3 Å². The molecule has 5 nitrogen and oxygen atoms in total. The highest BCUT2D eigenvalue weighted by atomic mass is 79.9. The lowest BCUT2D eigenvalue weighted by atomic mass is 10.0. The highest BCUT2D eigenvalue weighted by Gasteiger charge is 2.33. The molecule has 0 aliphatic carbocycles. The molecule has 190 valence electrons. The molecule has 3 aromatic rings. The average Bonchev–Trinajstić information content (AvgIpc) is 2.81. The van der Waals surface area contributed by atoms with E-state index in [0.717, 1.165) is 5.56 Å². The highest BCUT2D eigenvalue weighted by molar-refractivity contribution is 9.10. The second-order valence-electron chi connectivity index (χ2n) is 9.42. The van der Waals surface area contributed by atoms with Gasteiger partial charge in [0.2, 0.25) is 5.91 Å². The van der Waals surface area contributed by atoms with Crippen LogP contribution in [-0.2, 0) is 22.6 Å². The van der Waals surface area contributed by atoms with E-state index in [-0.39, 0.29) is 25.5 Å². The number of ether oxygens (including phenoxy) is 1. The molecule has 8 heteroatoms. The fraction of sp³-hybridized carbons (Fsp3) is 0.286. The van der Waals surface area contributed by atoms with E-state index < -0.39 is 23.3 Å². The number of carbonyl (C=O) groups excluding carboxylic acids is 2. The lowest BCUT2D eigenvalue weighted by Crippen LogP contribution is -2.55. The molecule has 0 saturated carbocycles. The Hall–Kier alpha value is -2.90. The SMILES string of the molecule is CC(C)(C)NC(=O)[C@@H](Cc1ccccc1)N(Cc1ccccc1F)C(=O)COc1ccc(Cl)cc1Br. The van der Waals surface area contributed by atoms with Crippen molar-refractivity contribution in [3.63, 3.8) is 0 Å². The van der Waals surface area contributed by atoms with Crippen LogP contribution < -0.4 is 10.1 Å². The highest BCUT2D eigenvalue weighted by Crippen LogP contribution is 2.28. The predicted octanol–water partition coefficient (Wildman–Crippen LogP) is 6.18.